The van der Waals surface area contributed by atoms with Gasteiger partial charge in [-0.2, -0.15) is 5.26 Å². The van der Waals surface area contributed by atoms with Gasteiger partial charge in [0, 0.05) is 29.3 Å². The minimum atomic E-state index is -1.50. The number of hydrogen-bond donors (Lipinski definition) is 2. The molecule has 1 aliphatic heterocycles. The molecule has 1 amide bonds. The molecule has 2 heterocycles. The summed E-state index contributed by atoms with van der Waals surface area (Å²) in [4.78, 5) is 20.5. The lowest BCUT2D eigenvalue weighted by Gasteiger charge is -2.31. The Hall–Kier alpha value is -3.54. The van der Waals surface area contributed by atoms with Crippen molar-refractivity contribution in [1.82, 2.24) is 4.98 Å². The Morgan fingerprint density at radius 2 is 2.21 bits per heavy atom. The molecule has 148 valence electrons. The van der Waals surface area contributed by atoms with E-state index in [1.54, 1.807) is 0 Å². The van der Waals surface area contributed by atoms with Crippen molar-refractivity contribution in [3.05, 3.63) is 59.2 Å². The van der Waals surface area contributed by atoms with E-state index >= 15 is 0 Å². The van der Waals surface area contributed by atoms with E-state index in [0.29, 0.717) is 5.56 Å². The van der Waals surface area contributed by atoms with Crippen molar-refractivity contribution in [2.75, 3.05) is 12.0 Å². The van der Waals surface area contributed by atoms with Gasteiger partial charge in [-0.05, 0) is 30.3 Å². The molecule has 1 aromatic carbocycles. The van der Waals surface area contributed by atoms with Gasteiger partial charge < -0.3 is 15.8 Å². The number of nitrogens with zero attached hydrogens (tertiary/aromatic N) is 3. The number of pyridine rings is 1. The molecule has 4 atom stereocenters. The fourth-order valence-corrected chi connectivity index (χ4v) is 3.91. The van der Waals surface area contributed by atoms with E-state index in [1.165, 1.54) is 30.5 Å². The van der Waals surface area contributed by atoms with Crippen LogP contribution in [-0.2, 0) is 10.3 Å². The number of carbonyl (C=O) groups is 1. The Labute approximate surface area is 165 Å². The lowest BCUT2D eigenvalue weighted by Crippen LogP contribution is -2.39. The van der Waals surface area contributed by atoms with Gasteiger partial charge >= 0.3 is 0 Å². The molecule has 29 heavy (non-hydrogen) atoms. The van der Waals surface area contributed by atoms with Crippen LogP contribution in [-0.4, -0.2) is 29.7 Å². The van der Waals surface area contributed by atoms with Crippen LogP contribution in [0.4, 0.5) is 14.5 Å². The van der Waals surface area contributed by atoms with Crippen molar-refractivity contribution in [3.8, 4) is 6.07 Å². The Morgan fingerprint density at radius 1 is 1.41 bits per heavy atom. The number of benzene rings is 1. The van der Waals surface area contributed by atoms with Crippen LogP contribution in [0.15, 0.2) is 41.5 Å². The number of nitriles is 1. The van der Waals surface area contributed by atoms with Gasteiger partial charge in [0.05, 0.1) is 5.56 Å². The molecular weight excluding hydrogens is 380 g/mol. The number of nitrogens with one attached hydrogen (secondary N) is 1. The largest absolute Gasteiger partial charge is 0.461 e. The van der Waals surface area contributed by atoms with E-state index < -0.39 is 23.9 Å². The first-order valence-corrected chi connectivity index (χ1v) is 8.95. The first kappa shape index (κ1) is 18.8. The van der Waals surface area contributed by atoms with Crippen LogP contribution < -0.4 is 11.1 Å². The maximum atomic E-state index is 14.7. The molecule has 0 radical (unpaired) electrons. The maximum absolute atomic E-state index is 14.7. The van der Waals surface area contributed by atoms with E-state index in [1.807, 2.05) is 13.0 Å². The van der Waals surface area contributed by atoms with Crippen LogP contribution >= 0.6 is 0 Å². The monoisotopic (exact) mass is 397 g/mol. The number of rotatable bonds is 4. The van der Waals surface area contributed by atoms with Gasteiger partial charge in [-0.25, -0.2) is 18.8 Å². The van der Waals surface area contributed by atoms with E-state index in [4.69, 9.17) is 15.7 Å². The zero-order valence-electron chi connectivity index (χ0n) is 15.4. The summed E-state index contributed by atoms with van der Waals surface area (Å²) < 4.78 is 34.3. The zero-order valence-corrected chi connectivity index (χ0v) is 15.4. The standard InChI is InChI=1S/C20H17F2N5O2/c1-10-16-17(10)29-19(24)27-20(16,9-21)13-6-12(3-4-14(13)22)26-18(28)15-5-2-11(7-23)8-25-15/h2-6,8,10,16-17H,9H2,1H3,(H2,24,27)(H,26,28). The summed E-state index contributed by atoms with van der Waals surface area (Å²) >= 11 is 0. The second-order valence-electron chi connectivity index (χ2n) is 7.17. The van der Waals surface area contributed by atoms with E-state index in [-0.39, 0.29) is 40.9 Å². The fourth-order valence-electron chi connectivity index (χ4n) is 3.91. The minimum Gasteiger partial charge on any atom is -0.461 e. The molecule has 2 aliphatic rings. The van der Waals surface area contributed by atoms with Gasteiger partial charge in [0.2, 0.25) is 0 Å². The van der Waals surface area contributed by atoms with Gasteiger partial charge in [0.1, 0.15) is 35.9 Å². The molecule has 0 spiro atoms. The summed E-state index contributed by atoms with van der Waals surface area (Å²) in [5.41, 5.74) is 4.88. The number of amidine groups is 1. The Morgan fingerprint density at radius 3 is 2.86 bits per heavy atom. The molecule has 1 aromatic heterocycles. The molecule has 7 nitrogen and oxygen atoms in total. The highest BCUT2D eigenvalue weighted by molar-refractivity contribution is 6.02. The molecule has 4 unspecified atom stereocenters. The Bertz CT molecular complexity index is 1050. The molecule has 1 fully saturated rings. The van der Waals surface area contributed by atoms with Crippen LogP contribution in [0.5, 0.6) is 0 Å². The molecule has 9 heteroatoms. The number of hydrogen-bond acceptors (Lipinski definition) is 6. The number of carbonyl (C=O) groups excluding carboxylic acids is 1. The highest BCUT2D eigenvalue weighted by atomic mass is 19.1. The SMILES string of the molecule is CC1C2OC(N)=NC(CF)(c3cc(NC(=O)c4ccc(C#N)cn4)ccc3F)C12. The van der Waals surface area contributed by atoms with E-state index in [9.17, 15) is 13.6 Å². The number of ether oxygens (including phenoxy) is 1. The smallest absolute Gasteiger partial charge is 0.283 e. The Kier molecular flexibility index (Phi) is 4.42. The van der Waals surface area contributed by atoms with Crippen molar-refractivity contribution in [3.63, 3.8) is 0 Å². The number of aliphatic imine (C=N–C) groups is 1. The molecule has 1 aliphatic carbocycles. The third kappa shape index (κ3) is 3.06. The molecule has 4 rings (SSSR count). The number of aromatic nitrogens is 1. The first-order valence-electron chi connectivity index (χ1n) is 8.95. The lowest BCUT2D eigenvalue weighted by molar-refractivity contribution is 0.102. The normalized spacial score (nSPS) is 27.1. The summed E-state index contributed by atoms with van der Waals surface area (Å²) in [6.45, 7) is 0.919. The van der Waals surface area contributed by atoms with Crippen LogP contribution in [0, 0.1) is 29.0 Å². The number of halogens is 2. The number of amides is 1. The average Bonchev–Trinajstić information content (AvgIpc) is 3.38. The molecule has 3 N–H and O–H groups in total. The second-order valence-corrected chi connectivity index (χ2v) is 7.17. The fraction of sp³-hybridized carbons (Fsp3) is 0.300. The average molecular weight is 397 g/mol. The minimum absolute atomic E-state index is 0.0104. The second kappa shape index (κ2) is 6.81. The predicted molar refractivity (Wildman–Crippen MR) is 100 cm³/mol. The molecule has 1 saturated carbocycles. The third-order valence-electron chi connectivity index (χ3n) is 5.44. The van der Waals surface area contributed by atoms with Crippen LogP contribution in [0.1, 0.15) is 28.5 Å². The van der Waals surface area contributed by atoms with Crippen LogP contribution in [0.2, 0.25) is 0 Å². The van der Waals surface area contributed by atoms with Crippen LogP contribution in [0.25, 0.3) is 0 Å². The van der Waals surface area contributed by atoms with E-state index in [2.05, 4.69) is 15.3 Å². The quantitative estimate of drug-likeness (QED) is 0.823. The van der Waals surface area contributed by atoms with E-state index in [0.717, 1.165) is 6.07 Å². The highest BCUT2D eigenvalue weighted by Crippen LogP contribution is 2.57. The first-order chi connectivity index (χ1) is 13.9. The number of alkyl halides is 1. The van der Waals surface area contributed by atoms with Crippen LogP contribution in [0.3, 0.4) is 0 Å². The number of nitrogens with two attached hydrogens (primary N) is 1. The lowest BCUT2D eigenvalue weighted by atomic mass is 9.84. The summed E-state index contributed by atoms with van der Waals surface area (Å²) in [5, 5.41) is 11.4. The van der Waals surface area contributed by atoms with Crippen molar-refractivity contribution in [1.29, 1.82) is 5.26 Å². The van der Waals surface area contributed by atoms with Gasteiger partial charge in [-0.3, -0.25) is 4.79 Å². The van der Waals surface area contributed by atoms with Crippen molar-refractivity contribution in [2.45, 2.75) is 18.6 Å². The molecule has 0 bridgehead atoms. The van der Waals surface area contributed by atoms with Gasteiger partial charge in [-0.1, -0.05) is 6.92 Å². The van der Waals surface area contributed by atoms with Crippen molar-refractivity contribution >= 4 is 17.6 Å². The number of anilines is 1. The topological polar surface area (TPSA) is 113 Å². The summed E-state index contributed by atoms with van der Waals surface area (Å²) in [6, 6.07) is 8.48. The van der Waals surface area contributed by atoms with Gasteiger partial charge in [0.15, 0.2) is 0 Å². The zero-order chi connectivity index (χ0) is 20.8. The highest BCUT2D eigenvalue weighted by Gasteiger charge is 2.65. The third-order valence-corrected chi connectivity index (χ3v) is 5.44. The predicted octanol–water partition coefficient (Wildman–Crippen LogP) is 2.49. The molecule has 0 saturated heterocycles. The Balaban J connectivity index is 1.66. The summed E-state index contributed by atoms with van der Waals surface area (Å²) in [5.74, 6) is -1.57. The van der Waals surface area contributed by atoms with Gasteiger partial charge in [-0.15, -0.1) is 0 Å². The summed E-state index contributed by atoms with van der Waals surface area (Å²) in [7, 11) is 0. The molecule has 2 aromatic rings. The maximum Gasteiger partial charge on any atom is 0.283 e. The van der Waals surface area contributed by atoms with Crippen molar-refractivity contribution < 1.29 is 18.3 Å². The summed E-state index contributed by atoms with van der Waals surface area (Å²) in [6.07, 6.45) is 0.959. The number of fused-ring (bicyclic) bond motifs is 1. The van der Waals surface area contributed by atoms with Gasteiger partial charge in [0.25, 0.3) is 11.9 Å². The molecular formula is C20H17F2N5O2. The van der Waals surface area contributed by atoms with Crippen molar-refractivity contribution in [2.24, 2.45) is 22.6 Å².